The Morgan fingerprint density at radius 1 is 1.19 bits per heavy atom. The lowest BCUT2D eigenvalue weighted by molar-refractivity contribution is -0.138. The van der Waals surface area contributed by atoms with E-state index in [0.717, 1.165) is 4.90 Å². The Morgan fingerprint density at radius 3 is 2.50 bits per heavy atom. The molecule has 0 aliphatic carbocycles. The number of methoxy groups -OCH3 is 2. The zero-order valence-electron chi connectivity index (χ0n) is 18.1. The number of hydrogen-bond acceptors (Lipinski definition) is 5. The van der Waals surface area contributed by atoms with Gasteiger partial charge >= 0.3 is 6.03 Å². The maximum atomic E-state index is 14.0. The SMILES string of the molecule is COc1ccc(C2(C)NC(=O)N(CC(=O)N(C)Cc3c(F)cccc3Cl)C2=O)cc1OC. The summed E-state index contributed by atoms with van der Waals surface area (Å²) < 4.78 is 24.5. The van der Waals surface area contributed by atoms with Crippen molar-refractivity contribution in [3.8, 4) is 11.5 Å². The van der Waals surface area contributed by atoms with E-state index in [9.17, 15) is 18.8 Å². The maximum Gasteiger partial charge on any atom is 0.325 e. The highest BCUT2D eigenvalue weighted by Crippen LogP contribution is 2.35. The van der Waals surface area contributed by atoms with E-state index >= 15 is 0 Å². The molecule has 1 fully saturated rings. The zero-order valence-corrected chi connectivity index (χ0v) is 18.8. The number of hydrogen-bond donors (Lipinski definition) is 1. The zero-order chi connectivity index (χ0) is 23.6. The molecule has 1 N–H and O–H groups in total. The third-order valence-electron chi connectivity index (χ3n) is 5.41. The molecule has 0 radical (unpaired) electrons. The minimum Gasteiger partial charge on any atom is -0.493 e. The highest BCUT2D eigenvalue weighted by atomic mass is 35.5. The fraction of sp³-hybridized carbons (Fsp3) is 0.318. The first-order chi connectivity index (χ1) is 15.1. The maximum absolute atomic E-state index is 14.0. The van der Waals surface area contributed by atoms with Gasteiger partial charge in [0.1, 0.15) is 17.9 Å². The van der Waals surface area contributed by atoms with E-state index in [-0.39, 0.29) is 17.1 Å². The molecule has 1 unspecified atom stereocenters. The number of ether oxygens (including phenoxy) is 2. The van der Waals surface area contributed by atoms with Crippen molar-refractivity contribution in [2.75, 3.05) is 27.8 Å². The molecule has 1 saturated heterocycles. The van der Waals surface area contributed by atoms with E-state index in [1.165, 1.54) is 44.4 Å². The van der Waals surface area contributed by atoms with Crippen molar-refractivity contribution >= 4 is 29.4 Å². The van der Waals surface area contributed by atoms with Gasteiger partial charge in [-0.1, -0.05) is 23.7 Å². The number of benzene rings is 2. The van der Waals surface area contributed by atoms with Crippen LogP contribution in [0.3, 0.4) is 0 Å². The summed E-state index contributed by atoms with van der Waals surface area (Å²) in [5, 5.41) is 2.82. The van der Waals surface area contributed by atoms with Crippen molar-refractivity contribution in [3.05, 3.63) is 58.4 Å². The van der Waals surface area contributed by atoms with Gasteiger partial charge in [0.2, 0.25) is 5.91 Å². The number of urea groups is 1. The molecule has 0 saturated carbocycles. The number of carbonyl (C=O) groups is 3. The Hall–Kier alpha value is -3.33. The molecule has 1 aliphatic heterocycles. The summed E-state index contributed by atoms with van der Waals surface area (Å²) in [7, 11) is 4.39. The number of likely N-dealkylation sites (N-methyl/N-ethyl adjacent to an activating group) is 1. The summed E-state index contributed by atoms with van der Waals surface area (Å²) in [4.78, 5) is 40.4. The summed E-state index contributed by atoms with van der Waals surface area (Å²) in [5.41, 5.74) is -0.781. The van der Waals surface area contributed by atoms with E-state index in [0.29, 0.717) is 17.1 Å². The number of halogens is 2. The predicted molar refractivity (Wildman–Crippen MR) is 115 cm³/mol. The predicted octanol–water partition coefficient (Wildman–Crippen LogP) is 2.92. The monoisotopic (exact) mass is 463 g/mol. The van der Waals surface area contributed by atoms with E-state index in [4.69, 9.17) is 21.1 Å². The Kier molecular flexibility index (Phi) is 6.59. The fourth-order valence-corrected chi connectivity index (χ4v) is 3.67. The molecule has 10 heteroatoms. The van der Waals surface area contributed by atoms with Crippen LogP contribution in [0.25, 0.3) is 0 Å². The molecule has 0 spiro atoms. The van der Waals surface area contributed by atoms with Crippen molar-refractivity contribution in [2.24, 2.45) is 0 Å². The Bertz CT molecular complexity index is 1060. The third kappa shape index (κ3) is 4.20. The normalized spacial score (nSPS) is 17.9. The van der Waals surface area contributed by atoms with Gasteiger partial charge < -0.3 is 19.7 Å². The van der Waals surface area contributed by atoms with E-state index < -0.39 is 35.7 Å². The van der Waals surface area contributed by atoms with Crippen molar-refractivity contribution in [2.45, 2.75) is 19.0 Å². The molecule has 2 aromatic rings. The summed E-state index contributed by atoms with van der Waals surface area (Å²) in [5.74, 6) is -0.834. The average Bonchev–Trinajstić information content (AvgIpc) is 2.99. The lowest BCUT2D eigenvalue weighted by atomic mass is 9.91. The van der Waals surface area contributed by atoms with Gasteiger partial charge in [0.25, 0.3) is 5.91 Å². The van der Waals surface area contributed by atoms with Gasteiger partial charge in [-0.3, -0.25) is 14.5 Å². The summed E-state index contributed by atoms with van der Waals surface area (Å²) in [6.45, 7) is 0.929. The molecule has 0 aromatic heterocycles. The average molecular weight is 464 g/mol. The van der Waals surface area contributed by atoms with Gasteiger partial charge in [-0.15, -0.1) is 0 Å². The molecule has 3 rings (SSSR count). The van der Waals surface area contributed by atoms with Gasteiger partial charge in [0.05, 0.1) is 14.2 Å². The van der Waals surface area contributed by atoms with Crippen LogP contribution in [0.5, 0.6) is 11.5 Å². The Labute approximate surface area is 189 Å². The minimum atomic E-state index is -1.40. The quantitative estimate of drug-likeness (QED) is 0.638. The van der Waals surface area contributed by atoms with E-state index in [2.05, 4.69) is 5.32 Å². The van der Waals surface area contributed by atoms with Crippen molar-refractivity contribution in [3.63, 3.8) is 0 Å². The number of imide groups is 1. The third-order valence-corrected chi connectivity index (χ3v) is 5.77. The highest BCUT2D eigenvalue weighted by molar-refractivity contribution is 6.31. The molecule has 32 heavy (non-hydrogen) atoms. The lowest BCUT2D eigenvalue weighted by Crippen LogP contribution is -2.43. The van der Waals surface area contributed by atoms with Crippen LogP contribution in [0.15, 0.2) is 36.4 Å². The van der Waals surface area contributed by atoms with Crippen LogP contribution in [-0.4, -0.2) is 55.5 Å². The van der Waals surface area contributed by atoms with Crippen molar-refractivity contribution in [1.82, 2.24) is 15.1 Å². The van der Waals surface area contributed by atoms with Gasteiger partial charge in [-0.05, 0) is 36.8 Å². The second kappa shape index (κ2) is 9.04. The standard InChI is InChI=1S/C22H23ClFN3O5/c1-22(13-8-9-17(31-3)18(10-13)32-4)20(29)27(21(30)25-22)12-19(28)26(2)11-14-15(23)6-5-7-16(14)24/h5-10H,11-12H2,1-4H3,(H,25,30). The van der Waals surface area contributed by atoms with Gasteiger partial charge in [-0.25, -0.2) is 9.18 Å². The molecule has 1 heterocycles. The Balaban J connectivity index is 1.78. The summed E-state index contributed by atoms with van der Waals surface area (Å²) in [6, 6.07) is 8.36. The van der Waals surface area contributed by atoms with Gasteiger partial charge in [-0.2, -0.15) is 0 Å². The number of nitrogens with one attached hydrogen (secondary N) is 1. The summed E-state index contributed by atoms with van der Waals surface area (Å²) in [6.07, 6.45) is 0. The molecule has 0 bridgehead atoms. The van der Waals surface area contributed by atoms with Crippen LogP contribution in [0.1, 0.15) is 18.1 Å². The second-order valence-electron chi connectivity index (χ2n) is 7.47. The largest absolute Gasteiger partial charge is 0.493 e. The van der Waals surface area contributed by atoms with Crippen LogP contribution in [0.2, 0.25) is 5.02 Å². The topological polar surface area (TPSA) is 88.2 Å². The summed E-state index contributed by atoms with van der Waals surface area (Å²) >= 11 is 6.02. The van der Waals surface area contributed by atoms with Crippen LogP contribution in [-0.2, 0) is 21.7 Å². The van der Waals surface area contributed by atoms with E-state index in [1.807, 2.05) is 0 Å². The molecule has 1 aliphatic rings. The van der Waals surface area contributed by atoms with Gasteiger partial charge in [0, 0.05) is 24.2 Å². The van der Waals surface area contributed by atoms with Crippen molar-refractivity contribution in [1.29, 1.82) is 0 Å². The van der Waals surface area contributed by atoms with Crippen LogP contribution >= 0.6 is 11.6 Å². The first kappa shape index (κ1) is 23.3. The number of rotatable bonds is 7. The van der Waals surface area contributed by atoms with Crippen LogP contribution in [0.4, 0.5) is 9.18 Å². The number of nitrogens with zero attached hydrogens (tertiary/aromatic N) is 2. The van der Waals surface area contributed by atoms with Crippen LogP contribution in [0, 0.1) is 5.82 Å². The molecule has 2 aromatic carbocycles. The molecular weight excluding hydrogens is 441 g/mol. The smallest absolute Gasteiger partial charge is 0.325 e. The van der Waals surface area contributed by atoms with Crippen LogP contribution < -0.4 is 14.8 Å². The Morgan fingerprint density at radius 2 is 1.88 bits per heavy atom. The lowest BCUT2D eigenvalue weighted by Gasteiger charge is -2.24. The van der Waals surface area contributed by atoms with Gasteiger partial charge in [0.15, 0.2) is 11.5 Å². The molecule has 8 nitrogen and oxygen atoms in total. The molecule has 1 atom stereocenters. The first-order valence-electron chi connectivity index (χ1n) is 9.65. The van der Waals surface area contributed by atoms with E-state index in [1.54, 1.807) is 25.1 Å². The fourth-order valence-electron chi connectivity index (χ4n) is 3.45. The van der Waals surface area contributed by atoms with Crippen molar-refractivity contribution < 1.29 is 28.2 Å². The highest BCUT2D eigenvalue weighted by Gasteiger charge is 2.50. The number of carbonyl (C=O) groups excluding carboxylic acids is 3. The first-order valence-corrected chi connectivity index (χ1v) is 10.0. The molecule has 4 amide bonds. The number of amides is 4. The second-order valence-corrected chi connectivity index (χ2v) is 7.87. The minimum absolute atomic E-state index is 0.110. The molecule has 170 valence electrons. The molecular formula is C22H23ClFN3O5.